The Labute approximate surface area is 233 Å². The van der Waals surface area contributed by atoms with Gasteiger partial charge < -0.3 is 24.3 Å². The van der Waals surface area contributed by atoms with Crippen LogP contribution in [-0.4, -0.2) is 43.1 Å². The first-order valence-electron chi connectivity index (χ1n) is 12.4. The number of nitrogens with zero attached hydrogens (tertiary/aromatic N) is 3. The molecule has 0 spiro atoms. The van der Waals surface area contributed by atoms with E-state index in [9.17, 15) is 8.42 Å². The molecule has 0 bridgehead atoms. The average molecular weight is 564 g/mol. The molecule has 1 fully saturated rings. The number of rotatable bonds is 9. The number of sulfonamides is 1. The highest BCUT2D eigenvalue weighted by Crippen LogP contribution is 2.44. The maximum atomic E-state index is 12.1. The molecule has 0 radical (unpaired) electrons. The average Bonchev–Trinajstić information content (AvgIpc) is 3.53. The fourth-order valence-electron chi connectivity index (χ4n) is 4.80. The van der Waals surface area contributed by atoms with Gasteiger partial charge in [0.1, 0.15) is 17.5 Å². The number of benzene rings is 2. The maximum absolute atomic E-state index is 12.1. The number of nitrogens with one attached hydrogen (secondary N) is 2. The number of pyridine rings is 1. The summed E-state index contributed by atoms with van der Waals surface area (Å²) in [6, 6.07) is 22.5. The zero-order valence-electron chi connectivity index (χ0n) is 21.7. The molecule has 5 rings (SSSR count). The molecule has 1 saturated heterocycles. The van der Waals surface area contributed by atoms with Crippen molar-refractivity contribution in [2.24, 2.45) is 0 Å². The van der Waals surface area contributed by atoms with E-state index in [-0.39, 0.29) is 12.1 Å². The van der Waals surface area contributed by atoms with Crippen LogP contribution in [0.1, 0.15) is 30.4 Å². The summed E-state index contributed by atoms with van der Waals surface area (Å²) in [5.41, 5.74) is 3.78. The van der Waals surface area contributed by atoms with E-state index in [0.717, 1.165) is 29.1 Å². The van der Waals surface area contributed by atoms with Gasteiger partial charge in [0, 0.05) is 29.5 Å². The lowest BCUT2D eigenvalue weighted by atomic mass is 10.0. The standard InChI is InChI=1S/C28H29N5O4S2/c1-4-37-21-13-10-19(11-14-21)32-17-7-9-24(32)27-26(22-8-5-6-16-29-22)30-28(38)33(27)20-12-15-25(36-2)23(18-20)31-39(3,34)35/h5-18,26-27,31H,4H2,1-3H3,(H,30,38)/t26-,27-/m1/s1. The van der Waals surface area contributed by atoms with E-state index >= 15 is 0 Å². The van der Waals surface area contributed by atoms with Crippen LogP contribution < -0.4 is 24.4 Å². The summed E-state index contributed by atoms with van der Waals surface area (Å²) in [6.07, 6.45) is 4.86. The molecule has 2 atom stereocenters. The van der Waals surface area contributed by atoms with E-state index in [0.29, 0.717) is 28.8 Å². The minimum Gasteiger partial charge on any atom is -0.495 e. The third kappa shape index (κ3) is 5.55. The summed E-state index contributed by atoms with van der Waals surface area (Å²) in [6.45, 7) is 2.55. The lowest BCUT2D eigenvalue weighted by Gasteiger charge is -2.29. The van der Waals surface area contributed by atoms with E-state index in [1.165, 1.54) is 7.11 Å². The summed E-state index contributed by atoms with van der Waals surface area (Å²) in [7, 11) is -2.05. The molecule has 2 aromatic carbocycles. The lowest BCUT2D eigenvalue weighted by molar-refractivity contribution is 0.340. The summed E-state index contributed by atoms with van der Waals surface area (Å²) < 4.78 is 39.9. The van der Waals surface area contributed by atoms with Crippen LogP contribution in [0.3, 0.4) is 0 Å². The second-order valence-electron chi connectivity index (χ2n) is 8.99. The van der Waals surface area contributed by atoms with E-state index < -0.39 is 10.0 Å². The van der Waals surface area contributed by atoms with Gasteiger partial charge in [0.15, 0.2) is 5.11 Å². The van der Waals surface area contributed by atoms with Crippen LogP contribution in [0.4, 0.5) is 11.4 Å². The van der Waals surface area contributed by atoms with Gasteiger partial charge in [-0.3, -0.25) is 9.71 Å². The molecular formula is C28H29N5O4S2. The van der Waals surface area contributed by atoms with E-state index in [1.54, 1.807) is 18.3 Å². The maximum Gasteiger partial charge on any atom is 0.229 e. The Morgan fingerprint density at radius 1 is 1.05 bits per heavy atom. The van der Waals surface area contributed by atoms with E-state index in [2.05, 4.69) is 25.7 Å². The summed E-state index contributed by atoms with van der Waals surface area (Å²) >= 11 is 5.86. The Morgan fingerprint density at radius 2 is 1.82 bits per heavy atom. The molecule has 3 heterocycles. The van der Waals surface area contributed by atoms with Gasteiger partial charge in [-0.15, -0.1) is 0 Å². The lowest BCUT2D eigenvalue weighted by Crippen LogP contribution is -2.30. The summed E-state index contributed by atoms with van der Waals surface area (Å²) in [4.78, 5) is 6.61. The van der Waals surface area contributed by atoms with E-state index in [4.69, 9.17) is 21.7 Å². The van der Waals surface area contributed by atoms with Crippen molar-refractivity contribution >= 4 is 38.7 Å². The third-order valence-electron chi connectivity index (χ3n) is 6.36. The number of thiocarbonyl (C=S) groups is 1. The molecule has 0 unspecified atom stereocenters. The van der Waals surface area contributed by atoms with Crippen LogP contribution in [0.5, 0.6) is 11.5 Å². The zero-order chi connectivity index (χ0) is 27.6. The fourth-order valence-corrected chi connectivity index (χ4v) is 5.70. The van der Waals surface area contributed by atoms with Crippen molar-refractivity contribution in [1.82, 2.24) is 14.9 Å². The molecule has 1 aliphatic rings. The molecule has 202 valence electrons. The Morgan fingerprint density at radius 3 is 2.49 bits per heavy atom. The SMILES string of the molecule is CCOc1ccc(-n2cccc2[C@@H]2[C@@H](c3ccccn3)NC(=S)N2c2ccc(OC)c(NS(C)(=O)=O)c2)cc1. The van der Waals surface area contributed by atoms with Crippen molar-refractivity contribution in [2.75, 3.05) is 29.6 Å². The van der Waals surface area contributed by atoms with Crippen LogP contribution in [0.25, 0.3) is 5.69 Å². The number of hydrogen-bond donors (Lipinski definition) is 2. The van der Waals surface area contributed by atoms with Gasteiger partial charge in [-0.25, -0.2) is 8.42 Å². The number of methoxy groups -OCH3 is 1. The van der Waals surface area contributed by atoms with E-state index in [1.807, 2.05) is 72.6 Å². The topological polar surface area (TPSA) is 97.7 Å². The first-order valence-corrected chi connectivity index (χ1v) is 14.7. The van der Waals surface area contributed by atoms with Crippen LogP contribution in [0.15, 0.2) is 85.2 Å². The number of anilines is 2. The Bertz CT molecular complexity index is 1570. The quantitative estimate of drug-likeness (QED) is 0.280. The van der Waals surface area contributed by atoms with Crippen LogP contribution in [0, 0.1) is 0 Å². The number of aromatic nitrogens is 2. The van der Waals surface area contributed by atoms with Crippen molar-refractivity contribution in [3.05, 3.63) is 96.6 Å². The molecule has 2 N–H and O–H groups in total. The molecule has 11 heteroatoms. The highest BCUT2D eigenvalue weighted by atomic mass is 32.2. The second kappa shape index (κ2) is 11.0. The normalized spacial score (nSPS) is 17.1. The van der Waals surface area contributed by atoms with Gasteiger partial charge in [0.2, 0.25) is 10.0 Å². The van der Waals surface area contributed by atoms with Crippen LogP contribution in [-0.2, 0) is 10.0 Å². The summed E-state index contributed by atoms with van der Waals surface area (Å²) in [5, 5.41) is 3.94. The molecule has 0 aliphatic carbocycles. The Kier molecular flexibility index (Phi) is 7.45. The van der Waals surface area contributed by atoms with Gasteiger partial charge >= 0.3 is 0 Å². The first-order chi connectivity index (χ1) is 18.8. The molecule has 4 aromatic rings. The zero-order valence-corrected chi connectivity index (χ0v) is 23.4. The van der Waals surface area contributed by atoms with Crippen LogP contribution >= 0.6 is 12.2 Å². The second-order valence-corrected chi connectivity index (χ2v) is 11.1. The predicted octanol–water partition coefficient (Wildman–Crippen LogP) is 4.83. The number of ether oxygens (including phenoxy) is 2. The predicted molar refractivity (Wildman–Crippen MR) is 156 cm³/mol. The molecule has 2 aromatic heterocycles. The first kappa shape index (κ1) is 26.5. The van der Waals surface area contributed by atoms with Crippen molar-refractivity contribution < 1.29 is 17.9 Å². The molecule has 1 aliphatic heterocycles. The minimum atomic E-state index is -3.55. The van der Waals surface area contributed by atoms with Crippen molar-refractivity contribution in [2.45, 2.75) is 19.0 Å². The highest BCUT2D eigenvalue weighted by Gasteiger charge is 2.42. The molecular weight excluding hydrogens is 534 g/mol. The molecule has 0 saturated carbocycles. The highest BCUT2D eigenvalue weighted by molar-refractivity contribution is 7.92. The third-order valence-corrected chi connectivity index (χ3v) is 7.27. The molecule has 39 heavy (non-hydrogen) atoms. The largest absolute Gasteiger partial charge is 0.495 e. The smallest absolute Gasteiger partial charge is 0.229 e. The summed E-state index contributed by atoms with van der Waals surface area (Å²) in [5.74, 6) is 1.20. The van der Waals surface area contributed by atoms with Gasteiger partial charge in [0.25, 0.3) is 0 Å². The Balaban J connectivity index is 1.63. The Hall–Kier alpha value is -4.09. The van der Waals surface area contributed by atoms with Gasteiger partial charge in [-0.2, -0.15) is 0 Å². The van der Waals surface area contributed by atoms with Crippen molar-refractivity contribution in [1.29, 1.82) is 0 Å². The van der Waals surface area contributed by atoms with Gasteiger partial charge in [-0.1, -0.05) is 6.07 Å². The van der Waals surface area contributed by atoms with Crippen LogP contribution in [0.2, 0.25) is 0 Å². The fraction of sp³-hybridized carbons (Fsp3) is 0.214. The molecule has 0 amide bonds. The van der Waals surface area contributed by atoms with Crippen molar-refractivity contribution in [3.8, 4) is 17.2 Å². The monoisotopic (exact) mass is 563 g/mol. The minimum absolute atomic E-state index is 0.275. The van der Waals surface area contributed by atoms with Gasteiger partial charge in [0.05, 0.1) is 37.4 Å². The number of hydrogen-bond acceptors (Lipinski definition) is 6. The molecule has 9 nitrogen and oxygen atoms in total. The van der Waals surface area contributed by atoms with Gasteiger partial charge in [-0.05, 0) is 85.9 Å². The van der Waals surface area contributed by atoms with Crippen molar-refractivity contribution in [3.63, 3.8) is 0 Å².